The number of aryl methyl sites for hydroxylation is 1. The highest BCUT2D eigenvalue weighted by molar-refractivity contribution is 5.92. The van der Waals surface area contributed by atoms with Crippen LogP contribution in [0.2, 0.25) is 0 Å². The third kappa shape index (κ3) is 1.68. The summed E-state index contributed by atoms with van der Waals surface area (Å²) in [6.07, 6.45) is 3.63. The standard InChI is InChI=1S/C15H12N2/c1-11-5-2-3-6-12(11)15-13-7-4-9-16-14(13)8-10-17-15/h2-10H,1H3. The first-order valence-corrected chi connectivity index (χ1v) is 5.62. The molecule has 2 heterocycles. The minimum Gasteiger partial charge on any atom is -0.256 e. The smallest absolute Gasteiger partial charge is 0.0798 e. The summed E-state index contributed by atoms with van der Waals surface area (Å²) in [5, 5.41) is 1.10. The topological polar surface area (TPSA) is 25.8 Å². The van der Waals surface area contributed by atoms with Gasteiger partial charge in [-0.25, -0.2) is 0 Å². The second kappa shape index (κ2) is 3.98. The summed E-state index contributed by atoms with van der Waals surface area (Å²) < 4.78 is 0. The fourth-order valence-corrected chi connectivity index (χ4v) is 2.06. The van der Waals surface area contributed by atoms with Crippen LogP contribution in [0.15, 0.2) is 54.9 Å². The molecule has 3 rings (SSSR count). The third-order valence-corrected chi connectivity index (χ3v) is 2.93. The van der Waals surface area contributed by atoms with Crippen molar-refractivity contribution in [3.8, 4) is 11.3 Å². The maximum Gasteiger partial charge on any atom is 0.0798 e. The molecule has 0 fully saturated rings. The highest BCUT2D eigenvalue weighted by atomic mass is 14.7. The van der Waals surface area contributed by atoms with Gasteiger partial charge < -0.3 is 0 Å². The van der Waals surface area contributed by atoms with Crippen LogP contribution in [0.3, 0.4) is 0 Å². The first-order chi connectivity index (χ1) is 8.36. The molecular weight excluding hydrogens is 208 g/mol. The van der Waals surface area contributed by atoms with E-state index in [1.165, 1.54) is 11.1 Å². The van der Waals surface area contributed by atoms with Crippen LogP contribution in [0, 0.1) is 6.92 Å². The van der Waals surface area contributed by atoms with E-state index in [4.69, 9.17) is 0 Å². The van der Waals surface area contributed by atoms with Crippen molar-refractivity contribution in [2.24, 2.45) is 0 Å². The zero-order chi connectivity index (χ0) is 11.7. The Morgan fingerprint density at radius 2 is 1.71 bits per heavy atom. The highest BCUT2D eigenvalue weighted by Gasteiger charge is 2.07. The predicted molar refractivity (Wildman–Crippen MR) is 69.7 cm³/mol. The molecule has 0 bridgehead atoms. The third-order valence-electron chi connectivity index (χ3n) is 2.93. The molecule has 0 aliphatic carbocycles. The van der Waals surface area contributed by atoms with E-state index in [1.807, 2.05) is 36.7 Å². The minimum atomic E-state index is 0.987. The zero-order valence-electron chi connectivity index (χ0n) is 9.59. The molecule has 0 N–H and O–H groups in total. The lowest BCUT2D eigenvalue weighted by Gasteiger charge is -2.07. The van der Waals surface area contributed by atoms with Gasteiger partial charge in [0.1, 0.15) is 0 Å². The zero-order valence-corrected chi connectivity index (χ0v) is 9.59. The lowest BCUT2D eigenvalue weighted by Crippen LogP contribution is -1.89. The first kappa shape index (κ1) is 9.97. The summed E-state index contributed by atoms with van der Waals surface area (Å²) in [5.74, 6) is 0. The maximum absolute atomic E-state index is 4.50. The Bertz CT molecular complexity index is 669. The molecule has 0 aliphatic rings. The summed E-state index contributed by atoms with van der Waals surface area (Å²) in [6, 6.07) is 14.2. The lowest BCUT2D eigenvalue weighted by molar-refractivity contribution is 1.31. The molecule has 0 spiro atoms. The van der Waals surface area contributed by atoms with Gasteiger partial charge in [-0.2, -0.15) is 0 Å². The Morgan fingerprint density at radius 1 is 0.824 bits per heavy atom. The number of hydrogen-bond donors (Lipinski definition) is 0. The molecule has 0 saturated heterocycles. The van der Waals surface area contributed by atoms with Gasteiger partial charge in [-0.05, 0) is 30.7 Å². The predicted octanol–water partition coefficient (Wildman–Crippen LogP) is 3.61. The van der Waals surface area contributed by atoms with Crippen molar-refractivity contribution >= 4 is 10.9 Å². The lowest BCUT2D eigenvalue weighted by atomic mass is 10.0. The average Bonchev–Trinajstić information content (AvgIpc) is 2.39. The quantitative estimate of drug-likeness (QED) is 0.626. The van der Waals surface area contributed by atoms with Crippen LogP contribution < -0.4 is 0 Å². The number of aromatic nitrogens is 2. The Hall–Kier alpha value is -2.22. The molecule has 0 radical (unpaired) electrons. The Labute approximate surface area is 100.0 Å². The van der Waals surface area contributed by atoms with Crippen LogP contribution in [0.4, 0.5) is 0 Å². The number of pyridine rings is 2. The van der Waals surface area contributed by atoms with E-state index in [-0.39, 0.29) is 0 Å². The molecule has 3 aromatic rings. The minimum absolute atomic E-state index is 0.987. The molecule has 0 saturated carbocycles. The van der Waals surface area contributed by atoms with Crippen molar-refractivity contribution < 1.29 is 0 Å². The van der Waals surface area contributed by atoms with Crippen LogP contribution >= 0.6 is 0 Å². The molecule has 82 valence electrons. The van der Waals surface area contributed by atoms with Crippen molar-refractivity contribution in [1.82, 2.24) is 9.97 Å². The molecule has 2 heteroatoms. The first-order valence-electron chi connectivity index (χ1n) is 5.62. The molecule has 0 atom stereocenters. The van der Waals surface area contributed by atoms with E-state index in [9.17, 15) is 0 Å². The van der Waals surface area contributed by atoms with Gasteiger partial charge in [0.05, 0.1) is 11.2 Å². The van der Waals surface area contributed by atoms with Gasteiger partial charge in [0, 0.05) is 23.3 Å². The SMILES string of the molecule is Cc1ccccc1-c1nccc2ncccc12. The largest absolute Gasteiger partial charge is 0.256 e. The summed E-state index contributed by atoms with van der Waals surface area (Å²) in [5.41, 5.74) is 4.40. The monoisotopic (exact) mass is 220 g/mol. The van der Waals surface area contributed by atoms with Gasteiger partial charge in [-0.3, -0.25) is 9.97 Å². The molecule has 2 nitrogen and oxygen atoms in total. The normalized spacial score (nSPS) is 10.6. The number of hydrogen-bond acceptors (Lipinski definition) is 2. The van der Waals surface area contributed by atoms with Crippen LogP contribution in [0.5, 0.6) is 0 Å². The molecular formula is C15H12N2. The molecule has 1 aromatic carbocycles. The fourth-order valence-electron chi connectivity index (χ4n) is 2.06. The number of fused-ring (bicyclic) bond motifs is 1. The van der Waals surface area contributed by atoms with Crippen LogP contribution in [-0.2, 0) is 0 Å². The summed E-state index contributed by atoms with van der Waals surface area (Å²) in [7, 11) is 0. The molecule has 0 amide bonds. The van der Waals surface area contributed by atoms with E-state index < -0.39 is 0 Å². The van der Waals surface area contributed by atoms with E-state index in [0.29, 0.717) is 0 Å². The molecule has 2 aromatic heterocycles. The maximum atomic E-state index is 4.50. The van der Waals surface area contributed by atoms with Gasteiger partial charge in [-0.1, -0.05) is 24.3 Å². The van der Waals surface area contributed by atoms with Gasteiger partial charge in [0.25, 0.3) is 0 Å². The summed E-state index contributed by atoms with van der Waals surface area (Å²) >= 11 is 0. The van der Waals surface area contributed by atoms with Crippen molar-refractivity contribution in [2.75, 3.05) is 0 Å². The van der Waals surface area contributed by atoms with Gasteiger partial charge in [0.2, 0.25) is 0 Å². The fraction of sp³-hybridized carbons (Fsp3) is 0.0667. The van der Waals surface area contributed by atoms with Gasteiger partial charge in [-0.15, -0.1) is 0 Å². The van der Waals surface area contributed by atoms with Gasteiger partial charge in [0.15, 0.2) is 0 Å². The van der Waals surface area contributed by atoms with E-state index in [1.54, 1.807) is 0 Å². The van der Waals surface area contributed by atoms with Crippen LogP contribution in [0.1, 0.15) is 5.56 Å². The summed E-state index contributed by atoms with van der Waals surface area (Å²) in [4.78, 5) is 8.85. The van der Waals surface area contributed by atoms with Crippen molar-refractivity contribution in [2.45, 2.75) is 6.92 Å². The highest BCUT2D eigenvalue weighted by Crippen LogP contribution is 2.27. The Morgan fingerprint density at radius 3 is 2.59 bits per heavy atom. The van der Waals surface area contributed by atoms with Gasteiger partial charge >= 0.3 is 0 Å². The Kier molecular flexibility index (Phi) is 2.33. The molecule has 0 unspecified atom stereocenters. The van der Waals surface area contributed by atoms with Crippen LogP contribution in [-0.4, -0.2) is 9.97 Å². The molecule has 17 heavy (non-hydrogen) atoms. The second-order valence-corrected chi connectivity index (χ2v) is 4.04. The Balaban J connectivity index is 2.35. The van der Waals surface area contributed by atoms with E-state index >= 15 is 0 Å². The second-order valence-electron chi connectivity index (χ2n) is 4.04. The number of rotatable bonds is 1. The van der Waals surface area contributed by atoms with E-state index in [2.05, 4.69) is 35.1 Å². The number of nitrogens with zero attached hydrogens (tertiary/aromatic N) is 2. The average molecular weight is 220 g/mol. The number of benzene rings is 1. The van der Waals surface area contributed by atoms with Crippen LogP contribution in [0.25, 0.3) is 22.2 Å². The van der Waals surface area contributed by atoms with Crippen molar-refractivity contribution in [3.05, 3.63) is 60.4 Å². The molecule has 0 aliphatic heterocycles. The van der Waals surface area contributed by atoms with Crippen molar-refractivity contribution in [3.63, 3.8) is 0 Å². The van der Waals surface area contributed by atoms with Crippen molar-refractivity contribution in [1.29, 1.82) is 0 Å². The summed E-state index contributed by atoms with van der Waals surface area (Å²) in [6.45, 7) is 2.10. The van der Waals surface area contributed by atoms with E-state index in [0.717, 1.165) is 16.6 Å².